The zero-order valence-corrected chi connectivity index (χ0v) is 53.4. The molecule has 9 N–H and O–H groups in total. The van der Waals surface area contributed by atoms with Gasteiger partial charge in [-0.3, -0.25) is 0 Å². The molecular weight excluding hydrogens is 1210 g/mol. The van der Waals surface area contributed by atoms with Gasteiger partial charge in [0.1, 0.15) is 29.1 Å². The normalized spacial score (nSPS) is 28.6. The third-order valence-electron chi connectivity index (χ3n) is 17.8. The van der Waals surface area contributed by atoms with Crippen molar-refractivity contribution in [2.24, 2.45) is 41.4 Å². The molecule has 7 fully saturated rings. The van der Waals surface area contributed by atoms with E-state index in [0.717, 1.165) is 96.0 Å². The van der Waals surface area contributed by atoms with E-state index in [1.54, 1.807) is 37.0 Å². The van der Waals surface area contributed by atoms with Gasteiger partial charge < -0.3 is 84.7 Å². The number of aromatic nitrogens is 1. The van der Waals surface area contributed by atoms with Crippen LogP contribution in [0.2, 0.25) is 0 Å². The first-order valence-corrected chi connectivity index (χ1v) is 30.9. The van der Waals surface area contributed by atoms with Gasteiger partial charge in [-0.2, -0.15) is 39.5 Å². The van der Waals surface area contributed by atoms with Crippen LogP contribution in [0.4, 0.5) is 48.3 Å². The Morgan fingerprint density at radius 2 is 0.909 bits per heavy atom. The van der Waals surface area contributed by atoms with Crippen LogP contribution in [0.25, 0.3) is 0 Å². The summed E-state index contributed by atoms with van der Waals surface area (Å²) in [7, 11) is 13.5. The van der Waals surface area contributed by atoms with Crippen molar-refractivity contribution in [3.05, 3.63) is 40.2 Å². The molecule has 14 atom stereocenters. The molecule has 0 aliphatic carbocycles. The molecule has 0 spiro atoms. The molecule has 30 heteroatoms. The maximum absolute atomic E-state index is 12.6. The Morgan fingerprint density at radius 1 is 0.523 bits per heavy atom. The van der Waals surface area contributed by atoms with E-state index in [2.05, 4.69) is 38.2 Å². The summed E-state index contributed by atoms with van der Waals surface area (Å²) in [5, 5.41) is 86.5. The Bertz CT molecular complexity index is 2200. The fourth-order valence-corrected chi connectivity index (χ4v) is 12.5. The summed E-state index contributed by atoms with van der Waals surface area (Å²) in [5.41, 5.74) is -3.83. The monoisotopic (exact) mass is 1310 g/mol. The van der Waals surface area contributed by atoms with Crippen molar-refractivity contribution < 1.29 is 98.7 Å². The van der Waals surface area contributed by atoms with Crippen molar-refractivity contribution in [2.75, 3.05) is 154 Å². The predicted molar refractivity (Wildman–Crippen MR) is 311 cm³/mol. The molecule has 0 radical (unpaired) electrons. The molecule has 7 aliphatic rings. The highest BCUT2D eigenvalue weighted by Gasteiger charge is 2.59. The number of halogens is 11. The average molecular weight is 1310 g/mol. The molecule has 2 aromatic heterocycles. The number of nitrogens with zero attached hydrogens (tertiary/aromatic N) is 8. The number of hydrogen-bond donors (Lipinski definition) is 9. The molecule has 0 saturated carbocycles. The van der Waals surface area contributed by atoms with Crippen LogP contribution >= 0.6 is 11.3 Å². The lowest BCUT2D eigenvalue weighted by Gasteiger charge is -2.33. The second kappa shape index (κ2) is 35.1. The van der Waals surface area contributed by atoms with Crippen LogP contribution in [-0.2, 0) is 6.18 Å². The summed E-state index contributed by atoms with van der Waals surface area (Å²) in [5.74, 6) is -4.80. The molecule has 18 nitrogen and oxygen atoms in total. The van der Waals surface area contributed by atoms with Crippen LogP contribution < -0.4 is 0 Å². The van der Waals surface area contributed by atoms with Crippen molar-refractivity contribution in [1.82, 2.24) is 39.3 Å². The Kier molecular flexibility index (Phi) is 31.8. The number of hydrogen-bond acceptors (Lipinski definition) is 19. The summed E-state index contributed by atoms with van der Waals surface area (Å²) in [6.45, 7) is 13.7. The zero-order valence-electron chi connectivity index (χ0n) is 52.6. The first-order valence-electron chi connectivity index (χ1n) is 30.0. The summed E-state index contributed by atoms with van der Waals surface area (Å²) in [6.07, 6.45) is -11.7. The second-order valence-electron chi connectivity index (χ2n) is 25.7. The number of aliphatic hydroxyl groups is 9. The molecular formula is C58H101F11N8O10S. The van der Waals surface area contributed by atoms with Crippen molar-refractivity contribution >= 4 is 11.3 Å². The van der Waals surface area contributed by atoms with Crippen molar-refractivity contribution in [3.8, 4) is 0 Å². The van der Waals surface area contributed by atoms with Gasteiger partial charge in [-0.25, -0.2) is 13.8 Å². The topological polar surface area (TPSA) is 231 Å². The maximum Gasteiger partial charge on any atom is 0.449 e. The van der Waals surface area contributed by atoms with Crippen LogP contribution in [0.3, 0.4) is 0 Å². The molecule has 14 unspecified atom stereocenters. The number of likely N-dealkylation sites (tertiary alicyclic amines) is 7. The number of aliphatic hydroxyl groups excluding tert-OH is 7. The summed E-state index contributed by atoms with van der Waals surface area (Å²) < 4.78 is 140. The molecule has 516 valence electrons. The zero-order chi connectivity index (χ0) is 66.9. The summed E-state index contributed by atoms with van der Waals surface area (Å²) in [6, 6.07) is 2.06. The minimum absolute atomic E-state index is 0.00220. The fourth-order valence-electron chi connectivity index (χ4n) is 11.8. The molecule has 0 bridgehead atoms. The molecule has 0 aromatic carbocycles. The van der Waals surface area contributed by atoms with Gasteiger partial charge in [0, 0.05) is 99.8 Å². The van der Waals surface area contributed by atoms with Crippen LogP contribution in [0.1, 0.15) is 94.5 Å². The van der Waals surface area contributed by atoms with Gasteiger partial charge in [0.15, 0.2) is 11.7 Å². The molecule has 9 rings (SSSR count). The molecule has 7 saturated heterocycles. The van der Waals surface area contributed by atoms with E-state index in [-0.39, 0.29) is 55.3 Å². The quantitative estimate of drug-likeness (QED) is 0.120. The van der Waals surface area contributed by atoms with Crippen LogP contribution in [0, 0.1) is 41.4 Å². The number of furan rings is 1. The highest BCUT2D eigenvalue weighted by Crippen LogP contribution is 2.41. The Hall–Kier alpha value is -2.50. The molecule has 7 aliphatic heterocycles. The number of rotatable bonds is 12. The lowest BCUT2D eigenvalue weighted by molar-refractivity contribution is -0.288. The smallest absolute Gasteiger partial charge is 0.449 e. The van der Waals surface area contributed by atoms with E-state index >= 15 is 0 Å². The van der Waals surface area contributed by atoms with E-state index in [9.17, 15) is 73.8 Å². The maximum atomic E-state index is 12.6. The lowest BCUT2D eigenvalue weighted by atomic mass is 9.86. The highest BCUT2D eigenvalue weighted by molar-refractivity contribution is 7.09. The van der Waals surface area contributed by atoms with Gasteiger partial charge in [-0.15, -0.1) is 11.3 Å². The molecule has 88 heavy (non-hydrogen) atoms. The van der Waals surface area contributed by atoms with Crippen LogP contribution in [0.15, 0.2) is 28.1 Å². The minimum Gasteiger partial charge on any atom is -0.454 e. The van der Waals surface area contributed by atoms with Gasteiger partial charge in [-0.05, 0) is 172 Å². The highest BCUT2D eigenvalue weighted by atomic mass is 32.1. The van der Waals surface area contributed by atoms with Gasteiger partial charge in [0.25, 0.3) is 5.92 Å². The van der Waals surface area contributed by atoms with Gasteiger partial charge in [0.05, 0.1) is 24.9 Å². The fraction of sp³-hybridized carbons (Fsp3) is 0.879. The number of thiazole rings is 1. The predicted octanol–water partition coefficient (Wildman–Crippen LogP) is 5.45. The van der Waals surface area contributed by atoms with Gasteiger partial charge in [0.2, 0.25) is 5.76 Å². The Morgan fingerprint density at radius 3 is 1.20 bits per heavy atom. The SMILES string of the molecule is CC(O)C1CCN(C)C1.CN1CCC(C(C)(O)CO)C1.CN1CCC(C(O)(CO)C(F)(F)F)C1.CN1CCC(C(O)C(C)(F)F)C1.CN1CCC(C(O)C(F)(F)F)C1.CN1CCC(C(O)c2ccc(C(F)(F)F)o2)C1.CN1CCC(C(O)c2nccs2)C1. The third-order valence-corrected chi connectivity index (χ3v) is 18.6. The molecule has 0 amide bonds. The van der Waals surface area contributed by atoms with Crippen LogP contribution in [0.5, 0.6) is 0 Å². The minimum atomic E-state index is -4.77. The van der Waals surface area contributed by atoms with E-state index in [1.165, 1.54) is 17.4 Å². The Balaban J connectivity index is 0.000000270. The van der Waals surface area contributed by atoms with Gasteiger partial charge in [-0.1, -0.05) is 0 Å². The first kappa shape index (κ1) is 79.7. The first-order chi connectivity index (χ1) is 40.5. The average Bonchev–Trinajstić information content (AvgIpc) is 2.63. The van der Waals surface area contributed by atoms with E-state index < -0.39 is 78.2 Å². The van der Waals surface area contributed by atoms with Crippen molar-refractivity contribution in [2.45, 2.75) is 132 Å². The molecule has 9 heterocycles. The van der Waals surface area contributed by atoms with E-state index in [4.69, 9.17) is 20.4 Å². The van der Waals surface area contributed by atoms with E-state index in [0.29, 0.717) is 57.4 Å². The van der Waals surface area contributed by atoms with Crippen molar-refractivity contribution in [3.63, 3.8) is 0 Å². The van der Waals surface area contributed by atoms with E-state index in [1.807, 2.05) is 43.2 Å². The van der Waals surface area contributed by atoms with Crippen LogP contribution in [-0.4, -0.2) is 287 Å². The van der Waals surface area contributed by atoms with Crippen molar-refractivity contribution in [1.29, 1.82) is 0 Å². The summed E-state index contributed by atoms with van der Waals surface area (Å²) in [4.78, 5) is 18.3. The summed E-state index contributed by atoms with van der Waals surface area (Å²) >= 11 is 1.54. The van der Waals surface area contributed by atoms with Gasteiger partial charge >= 0.3 is 18.5 Å². The molecule has 2 aromatic rings. The largest absolute Gasteiger partial charge is 0.454 e. The Labute approximate surface area is 515 Å². The standard InChI is InChI=1S/C11H14F3NO2.C9H14N2OS.C8H14F3NO2.C8H15F2NO.C8H17NO2.C7H12F3NO.C7H15NO/c1-15-5-4-7(6-15)10(16)8-2-3-9(17-8)11(12,13)14;1-11-4-2-7(6-11)8(12)9-10-3-5-13-9;1-12-3-2-6(4-12)7(14,5-13)8(9,10)11;1-8(9,10)7(12)6-3-4-11(2)5-6;1-8(11,6-10)7-3-4-9(2)5-7;1-11-3-2-5(4-11)6(12)7(8,9)10;1-6(9)7-3-4-8(2)5-7/h2-3,7,10,16H,4-6H2,1H3;3,5,7-8,12H,2,4,6H2,1H3;6,13-14H,2-5H2,1H3;6-7,12H,3-5H2,1-2H3;7,10-11H,3-6H2,1-2H3;5-6,12H,2-4H2,1H3;6-7,9H,3-5H2,1-2H3. The third kappa shape index (κ3) is 25.4. The lowest BCUT2D eigenvalue weighted by Crippen LogP contribution is -2.55. The number of alkyl halides is 11. The second-order valence-corrected chi connectivity index (χ2v) is 26.7.